The third-order valence-corrected chi connectivity index (χ3v) is 4.75. The van der Waals surface area contributed by atoms with E-state index in [1.54, 1.807) is 28.3 Å². The molecule has 22 heavy (non-hydrogen) atoms. The Hall–Kier alpha value is -2.41. The zero-order valence-corrected chi connectivity index (χ0v) is 13.0. The van der Waals surface area contributed by atoms with Gasteiger partial charge < -0.3 is 9.47 Å². The summed E-state index contributed by atoms with van der Waals surface area (Å²) in [6.07, 6.45) is 3.68. The van der Waals surface area contributed by atoms with Crippen LogP contribution in [0.4, 0.5) is 0 Å². The second kappa shape index (κ2) is 5.10. The van der Waals surface area contributed by atoms with Gasteiger partial charge in [-0.05, 0) is 17.5 Å². The third kappa shape index (κ3) is 2.14. The molecule has 112 valence electrons. The average Bonchev–Trinajstić information content (AvgIpc) is 3.25. The van der Waals surface area contributed by atoms with Crippen LogP contribution < -0.4 is 0 Å². The Morgan fingerprint density at radius 2 is 2.23 bits per heavy atom. The van der Waals surface area contributed by atoms with Crippen LogP contribution in [0.1, 0.15) is 16.3 Å². The van der Waals surface area contributed by atoms with Gasteiger partial charge in [0.2, 0.25) is 0 Å². The van der Waals surface area contributed by atoms with Crippen LogP contribution in [0.2, 0.25) is 0 Å². The van der Waals surface area contributed by atoms with Gasteiger partial charge in [0.15, 0.2) is 0 Å². The van der Waals surface area contributed by atoms with E-state index in [0.29, 0.717) is 18.8 Å². The zero-order chi connectivity index (χ0) is 15.1. The molecule has 0 aromatic carbocycles. The molecule has 1 aliphatic heterocycles. The summed E-state index contributed by atoms with van der Waals surface area (Å²) in [5, 5.41) is 6.25. The first-order valence-electron chi connectivity index (χ1n) is 7.09. The molecule has 0 aliphatic carbocycles. The van der Waals surface area contributed by atoms with Gasteiger partial charge in [-0.25, -0.2) is 4.98 Å². The minimum Gasteiger partial charge on any atom is -0.328 e. The molecule has 4 rings (SSSR count). The van der Waals surface area contributed by atoms with E-state index in [1.165, 1.54) is 4.88 Å². The molecule has 0 N–H and O–H groups in total. The monoisotopic (exact) mass is 313 g/mol. The van der Waals surface area contributed by atoms with E-state index in [1.807, 2.05) is 24.2 Å². The van der Waals surface area contributed by atoms with E-state index in [-0.39, 0.29) is 5.91 Å². The van der Waals surface area contributed by atoms with Crippen LogP contribution in [-0.2, 0) is 20.1 Å². The molecule has 0 spiro atoms. The van der Waals surface area contributed by atoms with Crippen LogP contribution in [0.3, 0.4) is 0 Å². The first-order valence-corrected chi connectivity index (χ1v) is 7.97. The molecule has 0 fully saturated rings. The van der Waals surface area contributed by atoms with Gasteiger partial charge in [-0.3, -0.25) is 9.48 Å². The molecule has 0 unspecified atom stereocenters. The quantitative estimate of drug-likeness (QED) is 0.727. The maximum Gasteiger partial charge on any atom is 0.274 e. The molecule has 0 radical (unpaired) electrons. The van der Waals surface area contributed by atoms with Crippen LogP contribution in [0.15, 0.2) is 36.0 Å². The molecule has 3 aromatic heterocycles. The Labute approximate surface area is 131 Å². The Bertz CT molecular complexity index is 817. The van der Waals surface area contributed by atoms with Crippen molar-refractivity contribution in [1.82, 2.24) is 24.2 Å². The van der Waals surface area contributed by atoms with Crippen LogP contribution in [-0.4, -0.2) is 36.7 Å². The highest BCUT2D eigenvalue weighted by atomic mass is 32.1. The summed E-state index contributed by atoms with van der Waals surface area (Å²) in [7, 11) is 1.81. The lowest BCUT2D eigenvalue weighted by molar-refractivity contribution is 0.0701. The maximum atomic E-state index is 12.5. The SMILES string of the molecule is Cn1ccc(C(=O)N2CCn3c(-c4cccs4)cnc3C2)n1. The second-order valence-corrected chi connectivity index (χ2v) is 6.24. The van der Waals surface area contributed by atoms with E-state index >= 15 is 0 Å². The highest BCUT2D eigenvalue weighted by Crippen LogP contribution is 2.27. The molecule has 1 amide bonds. The summed E-state index contributed by atoms with van der Waals surface area (Å²) in [4.78, 5) is 20.0. The molecular formula is C15H15N5OS. The molecule has 0 saturated heterocycles. The number of nitrogens with zero attached hydrogens (tertiary/aromatic N) is 5. The number of aryl methyl sites for hydroxylation is 1. The van der Waals surface area contributed by atoms with Gasteiger partial charge in [0.25, 0.3) is 5.91 Å². The van der Waals surface area contributed by atoms with Crippen molar-refractivity contribution in [3.63, 3.8) is 0 Å². The molecule has 7 heteroatoms. The summed E-state index contributed by atoms with van der Waals surface area (Å²) in [5.74, 6) is 0.895. The summed E-state index contributed by atoms with van der Waals surface area (Å²) in [6, 6.07) is 5.89. The number of carbonyl (C=O) groups is 1. The van der Waals surface area contributed by atoms with E-state index in [4.69, 9.17) is 0 Å². The highest BCUT2D eigenvalue weighted by Gasteiger charge is 2.25. The fraction of sp³-hybridized carbons (Fsp3) is 0.267. The molecule has 1 aliphatic rings. The molecule has 4 heterocycles. The van der Waals surface area contributed by atoms with Gasteiger partial charge >= 0.3 is 0 Å². The van der Waals surface area contributed by atoms with Crippen LogP contribution >= 0.6 is 11.3 Å². The Balaban J connectivity index is 1.59. The Kier molecular flexibility index (Phi) is 3.07. The lowest BCUT2D eigenvalue weighted by atomic mass is 10.3. The number of aromatic nitrogens is 4. The molecule has 3 aromatic rings. The number of hydrogen-bond donors (Lipinski definition) is 0. The predicted molar refractivity (Wildman–Crippen MR) is 83.5 cm³/mol. The van der Waals surface area contributed by atoms with Gasteiger partial charge in [-0.2, -0.15) is 5.10 Å². The van der Waals surface area contributed by atoms with Crippen LogP contribution in [0.5, 0.6) is 0 Å². The van der Waals surface area contributed by atoms with Crippen LogP contribution in [0.25, 0.3) is 10.6 Å². The van der Waals surface area contributed by atoms with Gasteiger partial charge in [-0.1, -0.05) is 6.07 Å². The summed E-state index contributed by atoms with van der Waals surface area (Å²) < 4.78 is 3.85. The van der Waals surface area contributed by atoms with Crippen molar-refractivity contribution in [2.75, 3.05) is 6.54 Å². The normalized spacial score (nSPS) is 14.1. The standard InChI is InChI=1S/C15H15N5OS/c1-18-5-4-11(17-18)15(21)19-6-7-20-12(9-16-14(20)10-19)13-3-2-8-22-13/h2-5,8-9H,6-7,10H2,1H3. The average molecular weight is 313 g/mol. The van der Waals surface area contributed by atoms with E-state index in [9.17, 15) is 4.79 Å². The molecule has 0 saturated carbocycles. The minimum atomic E-state index is -0.0347. The topological polar surface area (TPSA) is 56.0 Å². The zero-order valence-electron chi connectivity index (χ0n) is 12.1. The van der Waals surface area contributed by atoms with Gasteiger partial charge in [0.1, 0.15) is 11.5 Å². The van der Waals surface area contributed by atoms with Gasteiger partial charge in [0, 0.05) is 26.3 Å². The van der Waals surface area contributed by atoms with Crippen molar-refractivity contribution < 1.29 is 4.79 Å². The number of hydrogen-bond acceptors (Lipinski definition) is 4. The molecular weight excluding hydrogens is 298 g/mol. The number of imidazole rings is 1. The molecule has 0 bridgehead atoms. The van der Waals surface area contributed by atoms with Crippen molar-refractivity contribution in [2.45, 2.75) is 13.1 Å². The number of rotatable bonds is 2. The van der Waals surface area contributed by atoms with Crippen molar-refractivity contribution in [3.8, 4) is 10.6 Å². The first kappa shape index (κ1) is 13.3. The summed E-state index contributed by atoms with van der Waals surface area (Å²) in [6.45, 7) is 1.97. The number of amides is 1. The number of fused-ring (bicyclic) bond motifs is 1. The first-order chi connectivity index (χ1) is 10.7. The van der Waals surface area contributed by atoms with E-state index < -0.39 is 0 Å². The fourth-order valence-electron chi connectivity index (χ4n) is 2.75. The summed E-state index contributed by atoms with van der Waals surface area (Å²) >= 11 is 1.71. The lowest BCUT2D eigenvalue weighted by Crippen LogP contribution is -2.38. The largest absolute Gasteiger partial charge is 0.328 e. The van der Waals surface area contributed by atoms with Gasteiger partial charge in [-0.15, -0.1) is 11.3 Å². The number of thiophene rings is 1. The smallest absolute Gasteiger partial charge is 0.274 e. The maximum absolute atomic E-state index is 12.5. The van der Waals surface area contributed by atoms with Crippen molar-refractivity contribution in [3.05, 3.63) is 47.5 Å². The van der Waals surface area contributed by atoms with E-state index in [0.717, 1.165) is 18.1 Å². The van der Waals surface area contributed by atoms with Crippen molar-refractivity contribution in [2.24, 2.45) is 7.05 Å². The predicted octanol–water partition coefficient (Wildman–Crippen LogP) is 2.00. The minimum absolute atomic E-state index is 0.0347. The fourth-order valence-corrected chi connectivity index (χ4v) is 3.49. The van der Waals surface area contributed by atoms with Crippen molar-refractivity contribution in [1.29, 1.82) is 0 Å². The highest BCUT2D eigenvalue weighted by molar-refractivity contribution is 7.13. The molecule has 6 nitrogen and oxygen atoms in total. The van der Waals surface area contributed by atoms with Gasteiger partial charge in [0.05, 0.1) is 23.3 Å². The van der Waals surface area contributed by atoms with E-state index in [2.05, 4.69) is 26.1 Å². The Morgan fingerprint density at radius 3 is 2.95 bits per heavy atom. The number of carbonyl (C=O) groups excluding carboxylic acids is 1. The summed E-state index contributed by atoms with van der Waals surface area (Å²) in [5.41, 5.74) is 1.62. The molecule has 0 atom stereocenters. The lowest BCUT2D eigenvalue weighted by Gasteiger charge is -2.28. The Morgan fingerprint density at radius 1 is 1.32 bits per heavy atom. The van der Waals surface area contributed by atoms with Crippen LogP contribution in [0, 0.1) is 0 Å². The second-order valence-electron chi connectivity index (χ2n) is 5.29. The third-order valence-electron chi connectivity index (χ3n) is 3.86. The van der Waals surface area contributed by atoms with Crippen molar-refractivity contribution >= 4 is 17.2 Å².